The number of aromatic nitrogens is 2. The van der Waals surface area contributed by atoms with Crippen molar-refractivity contribution < 1.29 is 13.7 Å². The van der Waals surface area contributed by atoms with Gasteiger partial charge in [-0.15, -0.1) is 0 Å². The van der Waals surface area contributed by atoms with E-state index in [0.29, 0.717) is 11.7 Å². The number of benzene rings is 1. The number of hydrogen-bond donors (Lipinski definition) is 1. The normalized spacial score (nSPS) is 10.5. The van der Waals surface area contributed by atoms with E-state index in [2.05, 4.69) is 15.5 Å². The fraction of sp³-hybridized carbons (Fsp3) is 0.133. The van der Waals surface area contributed by atoms with Crippen molar-refractivity contribution >= 4 is 5.91 Å². The van der Waals surface area contributed by atoms with Crippen LogP contribution in [-0.2, 0) is 6.54 Å². The zero-order valence-corrected chi connectivity index (χ0v) is 11.4. The van der Waals surface area contributed by atoms with Crippen LogP contribution >= 0.6 is 0 Å². The molecule has 1 aromatic carbocycles. The number of carbonyl (C=O) groups excluding carboxylic acids is 1. The molecule has 106 valence electrons. The molecule has 0 radical (unpaired) electrons. The van der Waals surface area contributed by atoms with Crippen LogP contribution in [-0.4, -0.2) is 16.0 Å². The molecule has 0 aliphatic heterocycles. The van der Waals surface area contributed by atoms with Crippen molar-refractivity contribution in [3.63, 3.8) is 0 Å². The minimum Gasteiger partial charge on any atom is -0.459 e. The Labute approximate surface area is 120 Å². The molecular formula is C15H13N3O3. The molecule has 0 bridgehead atoms. The quantitative estimate of drug-likeness (QED) is 0.795. The van der Waals surface area contributed by atoms with Crippen molar-refractivity contribution in [1.29, 1.82) is 0 Å². The molecule has 0 saturated carbocycles. The summed E-state index contributed by atoms with van der Waals surface area (Å²) < 4.78 is 10.1. The van der Waals surface area contributed by atoms with Crippen LogP contribution in [0.5, 0.6) is 0 Å². The number of rotatable bonds is 4. The monoisotopic (exact) mass is 283 g/mol. The Kier molecular flexibility index (Phi) is 3.51. The Balaban J connectivity index is 1.65. The molecular weight excluding hydrogens is 270 g/mol. The van der Waals surface area contributed by atoms with Crippen molar-refractivity contribution in [3.05, 3.63) is 59.9 Å². The van der Waals surface area contributed by atoms with Gasteiger partial charge in [-0.3, -0.25) is 4.79 Å². The Morgan fingerprint density at radius 3 is 2.76 bits per heavy atom. The highest BCUT2D eigenvalue weighted by molar-refractivity contribution is 5.91. The van der Waals surface area contributed by atoms with Gasteiger partial charge in [0.25, 0.3) is 5.91 Å². The van der Waals surface area contributed by atoms with E-state index in [0.717, 1.165) is 11.1 Å². The molecule has 3 aromatic rings. The van der Waals surface area contributed by atoms with Crippen molar-refractivity contribution in [2.75, 3.05) is 0 Å². The summed E-state index contributed by atoms with van der Waals surface area (Å²) in [6, 6.07) is 11.0. The summed E-state index contributed by atoms with van der Waals surface area (Å²) in [4.78, 5) is 15.9. The van der Waals surface area contributed by atoms with E-state index in [-0.39, 0.29) is 18.2 Å². The zero-order valence-electron chi connectivity index (χ0n) is 11.4. The molecule has 0 aliphatic rings. The van der Waals surface area contributed by atoms with Gasteiger partial charge in [0, 0.05) is 5.56 Å². The number of amides is 1. The summed E-state index contributed by atoms with van der Waals surface area (Å²) in [5.41, 5.74) is 2.03. The summed E-state index contributed by atoms with van der Waals surface area (Å²) in [6.45, 7) is 2.16. The topological polar surface area (TPSA) is 81.2 Å². The SMILES string of the molecule is Cc1ccc(-c2noc(CNC(=O)c3ccco3)n2)cc1. The molecule has 0 fully saturated rings. The number of nitrogens with zero attached hydrogens (tertiary/aromatic N) is 2. The standard InChI is InChI=1S/C15H13N3O3/c1-10-4-6-11(7-5-10)14-17-13(21-18-14)9-16-15(19)12-3-2-8-20-12/h2-8H,9H2,1H3,(H,16,19). The van der Waals surface area contributed by atoms with E-state index in [9.17, 15) is 4.79 Å². The fourth-order valence-electron chi connectivity index (χ4n) is 1.80. The minimum atomic E-state index is -0.324. The molecule has 2 aromatic heterocycles. The Bertz CT molecular complexity index is 730. The van der Waals surface area contributed by atoms with Crippen molar-refractivity contribution in [3.8, 4) is 11.4 Å². The van der Waals surface area contributed by atoms with Crippen LogP contribution in [0.3, 0.4) is 0 Å². The van der Waals surface area contributed by atoms with E-state index < -0.39 is 0 Å². The summed E-state index contributed by atoms with van der Waals surface area (Å²) in [7, 11) is 0. The van der Waals surface area contributed by atoms with Gasteiger partial charge in [-0.1, -0.05) is 35.0 Å². The van der Waals surface area contributed by atoms with Crippen LogP contribution < -0.4 is 5.32 Å². The van der Waals surface area contributed by atoms with Gasteiger partial charge in [0.2, 0.25) is 11.7 Å². The lowest BCUT2D eigenvalue weighted by Crippen LogP contribution is -2.22. The molecule has 0 aliphatic carbocycles. The number of carbonyl (C=O) groups is 1. The van der Waals surface area contributed by atoms with E-state index in [1.807, 2.05) is 31.2 Å². The van der Waals surface area contributed by atoms with Crippen LogP contribution in [0, 0.1) is 6.92 Å². The Hall–Kier alpha value is -2.89. The lowest BCUT2D eigenvalue weighted by Gasteiger charge is -1.98. The van der Waals surface area contributed by atoms with Crippen LogP contribution in [0.15, 0.2) is 51.6 Å². The number of hydrogen-bond acceptors (Lipinski definition) is 5. The summed E-state index contributed by atoms with van der Waals surface area (Å²) in [5, 5.41) is 6.54. The smallest absolute Gasteiger partial charge is 0.287 e. The molecule has 6 nitrogen and oxygen atoms in total. The van der Waals surface area contributed by atoms with Crippen molar-refractivity contribution in [1.82, 2.24) is 15.5 Å². The van der Waals surface area contributed by atoms with E-state index in [4.69, 9.17) is 8.94 Å². The average Bonchev–Trinajstić information content (AvgIpc) is 3.17. The Morgan fingerprint density at radius 2 is 2.05 bits per heavy atom. The number of furan rings is 1. The van der Waals surface area contributed by atoms with E-state index in [1.165, 1.54) is 6.26 Å². The number of nitrogens with one attached hydrogen (secondary N) is 1. The molecule has 0 saturated heterocycles. The van der Waals surface area contributed by atoms with Crippen molar-refractivity contribution in [2.24, 2.45) is 0 Å². The lowest BCUT2D eigenvalue weighted by molar-refractivity contribution is 0.0918. The van der Waals surface area contributed by atoms with Gasteiger partial charge in [-0.2, -0.15) is 4.98 Å². The predicted molar refractivity (Wildman–Crippen MR) is 74.3 cm³/mol. The Morgan fingerprint density at radius 1 is 1.24 bits per heavy atom. The van der Waals surface area contributed by atoms with Crippen LogP contribution in [0.4, 0.5) is 0 Å². The van der Waals surface area contributed by atoms with Crippen molar-refractivity contribution in [2.45, 2.75) is 13.5 Å². The summed E-state index contributed by atoms with van der Waals surface area (Å²) in [6.07, 6.45) is 1.44. The second-order valence-corrected chi connectivity index (χ2v) is 4.54. The molecule has 0 spiro atoms. The predicted octanol–water partition coefficient (Wildman–Crippen LogP) is 2.57. The van der Waals surface area contributed by atoms with Gasteiger partial charge in [-0.25, -0.2) is 0 Å². The first-order valence-electron chi connectivity index (χ1n) is 6.44. The maximum absolute atomic E-state index is 11.7. The van der Waals surface area contributed by atoms with Gasteiger partial charge in [-0.05, 0) is 19.1 Å². The first kappa shape index (κ1) is 13.1. The fourth-order valence-corrected chi connectivity index (χ4v) is 1.80. The highest BCUT2D eigenvalue weighted by Gasteiger charge is 2.12. The molecule has 21 heavy (non-hydrogen) atoms. The largest absolute Gasteiger partial charge is 0.459 e. The van der Waals surface area contributed by atoms with Gasteiger partial charge in [0.1, 0.15) is 0 Å². The molecule has 3 rings (SSSR count). The molecule has 2 heterocycles. The first-order valence-corrected chi connectivity index (χ1v) is 6.44. The third kappa shape index (κ3) is 3.00. The second-order valence-electron chi connectivity index (χ2n) is 4.54. The summed E-state index contributed by atoms with van der Waals surface area (Å²) >= 11 is 0. The molecule has 0 atom stereocenters. The second kappa shape index (κ2) is 5.62. The molecule has 1 N–H and O–H groups in total. The van der Waals surface area contributed by atoms with E-state index in [1.54, 1.807) is 12.1 Å². The third-order valence-corrected chi connectivity index (χ3v) is 2.92. The molecule has 1 amide bonds. The maximum atomic E-state index is 11.7. The van der Waals surface area contributed by atoms with E-state index >= 15 is 0 Å². The first-order chi connectivity index (χ1) is 10.2. The maximum Gasteiger partial charge on any atom is 0.287 e. The highest BCUT2D eigenvalue weighted by Crippen LogP contribution is 2.16. The van der Waals surface area contributed by atoms with Crippen LogP contribution in [0.1, 0.15) is 22.0 Å². The number of aryl methyl sites for hydroxylation is 1. The van der Waals surface area contributed by atoms with Gasteiger partial charge in [0.05, 0.1) is 12.8 Å². The molecule has 6 heteroatoms. The average molecular weight is 283 g/mol. The molecule has 0 unspecified atom stereocenters. The third-order valence-electron chi connectivity index (χ3n) is 2.92. The van der Waals surface area contributed by atoms with Gasteiger partial charge in [0.15, 0.2) is 5.76 Å². The summed E-state index contributed by atoms with van der Waals surface area (Å²) in [5.74, 6) is 0.756. The lowest BCUT2D eigenvalue weighted by atomic mass is 10.1. The van der Waals surface area contributed by atoms with Gasteiger partial charge < -0.3 is 14.3 Å². The van der Waals surface area contributed by atoms with Crippen LogP contribution in [0.25, 0.3) is 11.4 Å². The zero-order chi connectivity index (χ0) is 14.7. The van der Waals surface area contributed by atoms with Gasteiger partial charge >= 0.3 is 0 Å². The van der Waals surface area contributed by atoms with Crippen LogP contribution in [0.2, 0.25) is 0 Å². The minimum absolute atomic E-state index is 0.151. The highest BCUT2D eigenvalue weighted by atomic mass is 16.5.